The second kappa shape index (κ2) is 7.29. The minimum Gasteiger partial charge on any atom is -0.444 e. The first-order valence-corrected chi connectivity index (χ1v) is 7.33. The zero-order valence-corrected chi connectivity index (χ0v) is 13.6. The van der Waals surface area contributed by atoms with E-state index in [0.29, 0.717) is 13.0 Å². The van der Waals surface area contributed by atoms with Crippen molar-refractivity contribution in [2.24, 2.45) is 0 Å². The van der Waals surface area contributed by atoms with Crippen molar-refractivity contribution in [1.29, 1.82) is 0 Å². The van der Waals surface area contributed by atoms with Gasteiger partial charge in [-0.25, -0.2) is 4.79 Å². The third-order valence-electron chi connectivity index (χ3n) is 3.26. The Morgan fingerprint density at radius 1 is 1.36 bits per heavy atom. The van der Waals surface area contributed by atoms with Crippen LogP contribution in [0.3, 0.4) is 0 Å². The summed E-state index contributed by atoms with van der Waals surface area (Å²) >= 11 is 0. The third-order valence-corrected chi connectivity index (χ3v) is 3.26. The van der Waals surface area contributed by atoms with Crippen LogP contribution in [0.4, 0.5) is 4.79 Å². The van der Waals surface area contributed by atoms with Gasteiger partial charge in [0.2, 0.25) is 11.8 Å². The van der Waals surface area contributed by atoms with Crippen molar-refractivity contribution in [3.8, 4) is 0 Å². The van der Waals surface area contributed by atoms with Gasteiger partial charge in [-0.2, -0.15) is 0 Å². The van der Waals surface area contributed by atoms with Gasteiger partial charge in [0.05, 0.1) is 0 Å². The van der Waals surface area contributed by atoms with E-state index in [1.54, 1.807) is 20.8 Å². The summed E-state index contributed by atoms with van der Waals surface area (Å²) in [5, 5.41) is 5.03. The lowest BCUT2D eigenvalue weighted by atomic mass is 10.2. The molecule has 7 heteroatoms. The van der Waals surface area contributed by atoms with Crippen LogP contribution < -0.4 is 10.6 Å². The Balaban J connectivity index is 2.73. The first kappa shape index (κ1) is 18.0. The normalized spacial score (nSPS) is 19.3. The Morgan fingerprint density at radius 3 is 2.50 bits per heavy atom. The molecular weight excluding hydrogens is 286 g/mol. The van der Waals surface area contributed by atoms with Crippen LogP contribution in [-0.4, -0.2) is 54.1 Å². The van der Waals surface area contributed by atoms with Crippen molar-refractivity contribution < 1.29 is 19.1 Å². The highest BCUT2D eigenvalue weighted by Gasteiger charge is 2.36. The number of carbonyl (C=O) groups is 3. The summed E-state index contributed by atoms with van der Waals surface area (Å²) in [7, 11) is 1.53. The Bertz CT molecular complexity index is 456. The molecule has 1 aliphatic heterocycles. The molecule has 124 valence electrons. The predicted octanol–water partition coefficient (Wildman–Crippen LogP) is 0.803. The standard InChI is InChI=1S/C15H25N3O4/c1-6-10(17-14(21)22-15(2,3)4)13(20)18-9-7-8-11(18)12(19)16-5/h6,10-11H,1,7-9H2,2-5H3,(H,16,19)(H,17,21)/t10-,11-/m0/s1. The van der Waals surface area contributed by atoms with Gasteiger partial charge < -0.3 is 20.3 Å². The molecule has 0 radical (unpaired) electrons. The molecule has 3 amide bonds. The second-order valence-corrected chi connectivity index (χ2v) is 6.16. The Hall–Kier alpha value is -2.05. The van der Waals surface area contributed by atoms with Gasteiger partial charge in [0.15, 0.2) is 0 Å². The molecule has 1 aliphatic rings. The number of alkyl carbamates (subject to hydrolysis) is 1. The Kier molecular flexibility index (Phi) is 5.96. The summed E-state index contributed by atoms with van der Waals surface area (Å²) in [5.74, 6) is -0.558. The molecule has 1 fully saturated rings. The fraction of sp³-hybridized carbons (Fsp3) is 0.667. The largest absolute Gasteiger partial charge is 0.444 e. The van der Waals surface area contributed by atoms with Gasteiger partial charge >= 0.3 is 6.09 Å². The number of rotatable bonds is 4. The van der Waals surface area contributed by atoms with Gasteiger partial charge in [0, 0.05) is 13.6 Å². The lowest BCUT2D eigenvalue weighted by Crippen LogP contribution is -2.53. The maximum Gasteiger partial charge on any atom is 0.408 e. The van der Waals surface area contributed by atoms with Crippen molar-refractivity contribution in [1.82, 2.24) is 15.5 Å². The maximum atomic E-state index is 12.5. The number of likely N-dealkylation sites (N-methyl/N-ethyl adjacent to an activating group) is 1. The Labute approximate surface area is 131 Å². The van der Waals surface area contributed by atoms with Crippen LogP contribution in [0.2, 0.25) is 0 Å². The average molecular weight is 311 g/mol. The van der Waals surface area contributed by atoms with Crippen LogP contribution in [0.25, 0.3) is 0 Å². The monoisotopic (exact) mass is 311 g/mol. The molecule has 1 heterocycles. The first-order chi connectivity index (χ1) is 10.2. The third kappa shape index (κ3) is 4.75. The summed E-state index contributed by atoms with van der Waals surface area (Å²) < 4.78 is 5.13. The number of nitrogens with zero attached hydrogens (tertiary/aromatic N) is 1. The highest BCUT2D eigenvalue weighted by Crippen LogP contribution is 2.19. The molecule has 0 aromatic carbocycles. The zero-order chi connectivity index (χ0) is 16.9. The van der Waals surface area contributed by atoms with E-state index in [0.717, 1.165) is 6.42 Å². The minimum atomic E-state index is -0.917. The van der Waals surface area contributed by atoms with Crippen LogP contribution in [0, 0.1) is 0 Å². The summed E-state index contributed by atoms with van der Waals surface area (Å²) in [6.07, 6.45) is 2.01. The SMILES string of the molecule is C=C[C@H](NC(=O)OC(C)(C)C)C(=O)N1CCC[C@H]1C(=O)NC. The van der Waals surface area contributed by atoms with Crippen LogP contribution in [-0.2, 0) is 14.3 Å². The molecule has 0 aliphatic carbocycles. The summed E-state index contributed by atoms with van der Waals surface area (Å²) in [4.78, 5) is 37.6. The second-order valence-electron chi connectivity index (χ2n) is 6.16. The average Bonchev–Trinajstić information content (AvgIpc) is 2.90. The highest BCUT2D eigenvalue weighted by atomic mass is 16.6. The topological polar surface area (TPSA) is 87.7 Å². The molecule has 0 aromatic rings. The van der Waals surface area contributed by atoms with Gasteiger partial charge in [-0.1, -0.05) is 6.08 Å². The van der Waals surface area contributed by atoms with Crippen molar-refractivity contribution in [2.75, 3.05) is 13.6 Å². The van der Waals surface area contributed by atoms with E-state index in [9.17, 15) is 14.4 Å². The first-order valence-electron chi connectivity index (χ1n) is 7.33. The molecule has 22 heavy (non-hydrogen) atoms. The van der Waals surface area contributed by atoms with E-state index < -0.39 is 23.8 Å². The van der Waals surface area contributed by atoms with Gasteiger partial charge in [0.25, 0.3) is 0 Å². The fourth-order valence-electron chi connectivity index (χ4n) is 2.30. The number of carbonyl (C=O) groups excluding carboxylic acids is 3. The number of hydrogen-bond acceptors (Lipinski definition) is 4. The summed E-state index contributed by atoms with van der Waals surface area (Å²) in [6, 6.07) is -1.42. The van der Waals surface area contributed by atoms with Crippen molar-refractivity contribution in [2.45, 2.75) is 51.3 Å². The van der Waals surface area contributed by atoms with E-state index in [4.69, 9.17) is 4.74 Å². The van der Waals surface area contributed by atoms with Crippen LogP contribution in [0.15, 0.2) is 12.7 Å². The van der Waals surface area contributed by atoms with Gasteiger partial charge in [-0.15, -0.1) is 6.58 Å². The van der Waals surface area contributed by atoms with E-state index in [1.165, 1.54) is 18.0 Å². The van der Waals surface area contributed by atoms with E-state index in [-0.39, 0.29) is 11.8 Å². The molecule has 0 aromatic heterocycles. The summed E-state index contributed by atoms with van der Waals surface area (Å²) in [5.41, 5.74) is -0.656. The van der Waals surface area contributed by atoms with Crippen molar-refractivity contribution >= 4 is 17.9 Å². The van der Waals surface area contributed by atoms with Gasteiger partial charge in [-0.05, 0) is 33.6 Å². The summed E-state index contributed by atoms with van der Waals surface area (Å²) in [6.45, 7) is 9.26. The van der Waals surface area contributed by atoms with Crippen LogP contribution >= 0.6 is 0 Å². The number of amides is 3. The maximum absolute atomic E-state index is 12.5. The van der Waals surface area contributed by atoms with Crippen LogP contribution in [0.1, 0.15) is 33.6 Å². The molecule has 7 nitrogen and oxygen atoms in total. The van der Waals surface area contributed by atoms with Gasteiger partial charge in [0.1, 0.15) is 17.7 Å². The molecule has 0 bridgehead atoms. The van der Waals surface area contributed by atoms with E-state index in [2.05, 4.69) is 17.2 Å². The molecular formula is C15H25N3O4. The van der Waals surface area contributed by atoms with E-state index in [1.807, 2.05) is 0 Å². The molecule has 2 atom stereocenters. The quantitative estimate of drug-likeness (QED) is 0.752. The fourth-order valence-corrected chi connectivity index (χ4v) is 2.30. The molecule has 0 spiro atoms. The molecule has 0 unspecified atom stereocenters. The zero-order valence-electron chi connectivity index (χ0n) is 13.6. The number of ether oxygens (including phenoxy) is 1. The number of likely N-dealkylation sites (tertiary alicyclic amines) is 1. The number of nitrogens with one attached hydrogen (secondary N) is 2. The molecule has 1 saturated heterocycles. The lowest BCUT2D eigenvalue weighted by Gasteiger charge is -2.27. The highest BCUT2D eigenvalue weighted by molar-refractivity contribution is 5.92. The number of hydrogen-bond donors (Lipinski definition) is 2. The van der Waals surface area contributed by atoms with Gasteiger partial charge in [-0.3, -0.25) is 9.59 Å². The predicted molar refractivity (Wildman–Crippen MR) is 82.2 cm³/mol. The minimum absolute atomic E-state index is 0.203. The lowest BCUT2D eigenvalue weighted by molar-refractivity contribution is -0.138. The van der Waals surface area contributed by atoms with Crippen molar-refractivity contribution in [3.05, 3.63) is 12.7 Å². The van der Waals surface area contributed by atoms with Crippen molar-refractivity contribution in [3.63, 3.8) is 0 Å². The van der Waals surface area contributed by atoms with Crippen LogP contribution in [0.5, 0.6) is 0 Å². The molecule has 2 N–H and O–H groups in total. The Morgan fingerprint density at radius 2 is 2.00 bits per heavy atom. The molecule has 1 rings (SSSR count). The smallest absolute Gasteiger partial charge is 0.408 e. The van der Waals surface area contributed by atoms with E-state index >= 15 is 0 Å². The molecule has 0 saturated carbocycles.